The minimum Gasteiger partial charge on any atom is -0.493 e. The van der Waals surface area contributed by atoms with Crippen LogP contribution in [0.1, 0.15) is 17.2 Å². The number of benzene rings is 1. The Morgan fingerprint density at radius 1 is 1.12 bits per heavy atom. The monoisotopic (exact) mass is 358 g/mol. The maximum atomic E-state index is 5.63. The molecule has 0 aliphatic rings. The lowest BCUT2D eigenvalue weighted by atomic mass is 10.2. The van der Waals surface area contributed by atoms with Gasteiger partial charge >= 0.3 is 0 Å². The molecule has 0 amide bonds. The first-order valence-corrected chi connectivity index (χ1v) is 8.88. The molecule has 0 atom stereocenters. The molecular weight excluding hydrogens is 336 g/mol. The SMILES string of the molecule is COc1cccc(-c2nc(CN(C)Cc3ccc(C)o3)cs2)c1OC. The first-order chi connectivity index (χ1) is 12.1. The van der Waals surface area contributed by atoms with Gasteiger partial charge in [0.2, 0.25) is 0 Å². The smallest absolute Gasteiger partial charge is 0.170 e. The number of rotatable bonds is 7. The molecular formula is C19H22N2O3S. The number of ether oxygens (including phenoxy) is 2. The molecule has 0 bridgehead atoms. The van der Waals surface area contributed by atoms with Gasteiger partial charge in [0, 0.05) is 11.9 Å². The molecule has 0 unspecified atom stereocenters. The van der Waals surface area contributed by atoms with Crippen LogP contribution in [0.3, 0.4) is 0 Å². The van der Waals surface area contributed by atoms with E-state index in [1.165, 1.54) is 0 Å². The Morgan fingerprint density at radius 2 is 1.96 bits per heavy atom. The van der Waals surface area contributed by atoms with Crippen LogP contribution in [0.4, 0.5) is 0 Å². The molecule has 1 aromatic carbocycles. The normalized spacial score (nSPS) is 11.1. The zero-order valence-electron chi connectivity index (χ0n) is 14.9. The second kappa shape index (κ2) is 7.72. The topological polar surface area (TPSA) is 47.7 Å². The summed E-state index contributed by atoms with van der Waals surface area (Å²) >= 11 is 1.61. The Morgan fingerprint density at radius 3 is 2.64 bits per heavy atom. The number of para-hydroxylation sites is 1. The molecule has 0 fully saturated rings. The van der Waals surface area contributed by atoms with Crippen LogP contribution >= 0.6 is 11.3 Å². The number of aromatic nitrogens is 1. The van der Waals surface area contributed by atoms with Gasteiger partial charge < -0.3 is 13.9 Å². The predicted octanol–water partition coefficient (Wildman–Crippen LogP) is 4.36. The summed E-state index contributed by atoms with van der Waals surface area (Å²) in [6.07, 6.45) is 0. The summed E-state index contributed by atoms with van der Waals surface area (Å²) in [5.74, 6) is 3.32. The maximum Gasteiger partial charge on any atom is 0.170 e. The fraction of sp³-hybridized carbons (Fsp3) is 0.316. The van der Waals surface area contributed by atoms with Gasteiger partial charge in [0.05, 0.1) is 32.0 Å². The largest absolute Gasteiger partial charge is 0.493 e. The number of thiazole rings is 1. The molecule has 6 heteroatoms. The van der Waals surface area contributed by atoms with Crippen LogP contribution in [-0.2, 0) is 13.1 Å². The Kier molecular flexibility index (Phi) is 5.40. The molecule has 132 valence electrons. The highest BCUT2D eigenvalue weighted by atomic mass is 32.1. The van der Waals surface area contributed by atoms with Crippen molar-refractivity contribution in [3.63, 3.8) is 0 Å². The summed E-state index contributed by atoms with van der Waals surface area (Å²) in [5.41, 5.74) is 1.97. The van der Waals surface area contributed by atoms with Gasteiger partial charge in [0.1, 0.15) is 16.5 Å². The molecule has 25 heavy (non-hydrogen) atoms. The van der Waals surface area contributed by atoms with Crippen LogP contribution in [0.15, 0.2) is 40.1 Å². The molecule has 0 N–H and O–H groups in total. The highest BCUT2D eigenvalue weighted by Gasteiger charge is 2.15. The first-order valence-electron chi connectivity index (χ1n) is 8.00. The van der Waals surface area contributed by atoms with Crippen molar-refractivity contribution in [3.05, 3.63) is 52.9 Å². The van der Waals surface area contributed by atoms with E-state index < -0.39 is 0 Å². The van der Waals surface area contributed by atoms with Crippen molar-refractivity contribution < 1.29 is 13.9 Å². The van der Waals surface area contributed by atoms with Crippen molar-refractivity contribution in [2.45, 2.75) is 20.0 Å². The second-order valence-electron chi connectivity index (χ2n) is 5.87. The lowest BCUT2D eigenvalue weighted by Gasteiger charge is -2.13. The number of hydrogen-bond donors (Lipinski definition) is 0. The van der Waals surface area contributed by atoms with E-state index in [2.05, 4.69) is 17.3 Å². The molecule has 0 aliphatic heterocycles. The van der Waals surface area contributed by atoms with Crippen molar-refractivity contribution >= 4 is 11.3 Å². The quantitative estimate of drug-likeness (QED) is 0.628. The van der Waals surface area contributed by atoms with Gasteiger partial charge in [0.15, 0.2) is 11.5 Å². The van der Waals surface area contributed by atoms with Crippen LogP contribution in [0.2, 0.25) is 0 Å². The molecule has 5 nitrogen and oxygen atoms in total. The van der Waals surface area contributed by atoms with Crippen LogP contribution in [0.5, 0.6) is 11.5 Å². The molecule has 0 aliphatic carbocycles. The Bertz CT molecular complexity index is 841. The number of furan rings is 1. The molecule has 2 aromatic heterocycles. The van der Waals surface area contributed by atoms with E-state index in [1.807, 2.05) is 37.3 Å². The van der Waals surface area contributed by atoms with E-state index in [4.69, 9.17) is 18.9 Å². The van der Waals surface area contributed by atoms with Crippen molar-refractivity contribution in [1.82, 2.24) is 9.88 Å². The fourth-order valence-electron chi connectivity index (χ4n) is 2.73. The lowest BCUT2D eigenvalue weighted by Crippen LogP contribution is -2.17. The van der Waals surface area contributed by atoms with Gasteiger partial charge in [-0.15, -0.1) is 11.3 Å². The van der Waals surface area contributed by atoms with Crippen LogP contribution < -0.4 is 9.47 Å². The van der Waals surface area contributed by atoms with E-state index >= 15 is 0 Å². The van der Waals surface area contributed by atoms with E-state index in [0.717, 1.165) is 40.9 Å². The Balaban J connectivity index is 1.74. The maximum absolute atomic E-state index is 5.63. The summed E-state index contributed by atoms with van der Waals surface area (Å²) in [6, 6.07) is 9.83. The minimum atomic E-state index is 0.710. The summed E-state index contributed by atoms with van der Waals surface area (Å²) in [4.78, 5) is 6.94. The molecule has 3 aromatic rings. The molecule has 0 saturated carbocycles. The van der Waals surface area contributed by atoms with Gasteiger partial charge in [-0.25, -0.2) is 4.98 Å². The summed E-state index contributed by atoms with van der Waals surface area (Å²) in [6.45, 7) is 3.46. The molecule has 0 saturated heterocycles. The molecule has 0 spiro atoms. The first kappa shape index (κ1) is 17.5. The van der Waals surface area contributed by atoms with Crippen molar-refractivity contribution in [1.29, 1.82) is 0 Å². The van der Waals surface area contributed by atoms with Crippen LogP contribution in [-0.4, -0.2) is 31.2 Å². The third-order valence-electron chi connectivity index (χ3n) is 3.84. The number of aryl methyl sites for hydroxylation is 1. The third-order valence-corrected chi connectivity index (χ3v) is 4.76. The fourth-order valence-corrected chi connectivity index (χ4v) is 3.56. The van der Waals surface area contributed by atoms with Crippen molar-refractivity contribution in [2.24, 2.45) is 0 Å². The average Bonchev–Trinajstić information content (AvgIpc) is 3.23. The number of nitrogens with zero attached hydrogens (tertiary/aromatic N) is 2. The van der Waals surface area contributed by atoms with Crippen LogP contribution in [0, 0.1) is 6.92 Å². The lowest BCUT2D eigenvalue weighted by molar-refractivity contribution is 0.283. The van der Waals surface area contributed by atoms with E-state index in [-0.39, 0.29) is 0 Å². The van der Waals surface area contributed by atoms with E-state index in [9.17, 15) is 0 Å². The van der Waals surface area contributed by atoms with Gasteiger partial charge in [-0.05, 0) is 38.2 Å². The highest BCUT2D eigenvalue weighted by molar-refractivity contribution is 7.13. The van der Waals surface area contributed by atoms with Crippen LogP contribution in [0.25, 0.3) is 10.6 Å². The predicted molar refractivity (Wildman–Crippen MR) is 99.3 cm³/mol. The minimum absolute atomic E-state index is 0.710. The summed E-state index contributed by atoms with van der Waals surface area (Å²) < 4.78 is 16.5. The van der Waals surface area contributed by atoms with Crippen molar-refractivity contribution in [3.8, 4) is 22.1 Å². The zero-order chi connectivity index (χ0) is 17.8. The van der Waals surface area contributed by atoms with Gasteiger partial charge in [-0.3, -0.25) is 4.90 Å². The van der Waals surface area contributed by atoms with Gasteiger partial charge in [-0.1, -0.05) is 6.07 Å². The van der Waals surface area contributed by atoms with Crippen molar-refractivity contribution in [2.75, 3.05) is 21.3 Å². The summed E-state index contributed by atoms with van der Waals surface area (Å²) in [7, 11) is 5.35. The standard InChI is InChI=1S/C19H22N2O3S/c1-13-8-9-15(24-13)11-21(2)10-14-12-25-19(20-14)16-6-5-7-17(22-3)18(16)23-4/h5-9,12H,10-11H2,1-4H3. The molecule has 2 heterocycles. The molecule has 0 radical (unpaired) electrons. The number of methoxy groups -OCH3 is 2. The average molecular weight is 358 g/mol. The van der Waals surface area contributed by atoms with E-state index in [0.29, 0.717) is 11.5 Å². The van der Waals surface area contributed by atoms with Gasteiger partial charge in [0.25, 0.3) is 0 Å². The Labute approximate surface area is 151 Å². The second-order valence-corrected chi connectivity index (χ2v) is 6.73. The van der Waals surface area contributed by atoms with E-state index in [1.54, 1.807) is 25.6 Å². The third kappa shape index (κ3) is 4.03. The Hall–Kier alpha value is -2.31. The highest BCUT2D eigenvalue weighted by Crippen LogP contribution is 2.39. The number of hydrogen-bond acceptors (Lipinski definition) is 6. The van der Waals surface area contributed by atoms with Gasteiger partial charge in [-0.2, -0.15) is 0 Å². The zero-order valence-corrected chi connectivity index (χ0v) is 15.7. The molecule has 3 rings (SSSR count). The summed E-state index contributed by atoms with van der Waals surface area (Å²) in [5, 5.41) is 3.01.